The molecule has 4 rings (SSSR count). The largest absolute Gasteiger partial charge is 0.437 e. The Morgan fingerprint density at radius 2 is 1.82 bits per heavy atom. The van der Waals surface area contributed by atoms with E-state index in [2.05, 4.69) is 25.2 Å². The van der Waals surface area contributed by atoms with E-state index in [9.17, 15) is 22.8 Å². The number of rotatable bonds is 4. The number of hydrogen-bond donors (Lipinski definition) is 1. The van der Waals surface area contributed by atoms with E-state index >= 15 is 0 Å². The summed E-state index contributed by atoms with van der Waals surface area (Å²) in [6.45, 7) is 6.59. The van der Waals surface area contributed by atoms with Crippen molar-refractivity contribution in [1.82, 2.24) is 29.9 Å². The maximum Gasteiger partial charge on any atom is 0.425 e. The number of aromatic nitrogens is 3. The van der Waals surface area contributed by atoms with Crippen LogP contribution in [0.5, 0.6) is 0 Å². The van der Waals surface area contributed by atoms with Crippen molar-refractivity contribution >= 4 is 12.0 Å². The van der Waals surface area contributed by atoms with Crippen molar-refractivity contribution in [1.29, 1.82) is 0 Å². The number of carbonyl (C=O) groups excluding carboxylic acids is 2. The van der Waals surface area contributed by atoms with Crippen molar-refractivity contribution < 1.29 is 32.2 Å². The number of halogens is 3. The first-order valence-electron chi connectivity index (χ1n) is 11.6. The molecule has 4 heterocycles. The van der Waals surface area contributed by atoms with Crippen LogP contribution in [0.3, 0.4) is 0 Å². The molecule has 1 aromatic heterocycles. The van der Waals surface area contributed by atoms with Gasteiger partial charge in [-0.05, 0) is 39.5 Å². The van der Waals surface area contributed by atoms with Crippen LogP contribution in [-0.2, 0) is 22.6 Å². The number of hydrogen-bond acceptors (Lipinski definition) is 7. The van der Waals surface area contributed by atoms with Crippen LogP contribution >= 0.6 is 0 Å². The smallest absolute Gasteiger partial charge is 0.425 e. The van der Waals surface area contributed by atoms with Crippen LogP contribution in [0.2, 0.25) is 0 Å². The maximum atomic E-state index is 13.0. The first-order valence-corrected chi connectivity index (χ1v) is 11.6. The van der Waals surface area contributed by atoms with Crippen molar-refractivity contribution in [2.45, 2.75) is 76.5 Å². The summed E-state index contributed by atoms with van der Waals surface area (Å²) in [6.07, 6.45) is -5.04. The number of amides is 2. The zero-order valence-electron chi connectivity index (χ0n) is 19.4. The van der Waals surface area contributed by atoms with E-state index in [1.807, 2.05) is 11.5 Å². The van der Waals surface area contributed by atoms with Crippen molar-refractivity contribution in [2.24, 2.45) is 0 Å². The van der Waals surface area contributed by atoms with E-state index in [1.165, 1.54) is 4.90 Å². The summed E-state index contributed by atoms with van der Waals surface area (Å²) < 4.78 is 49.8. The molecule has 1 atom stereocenters. The van der Waals surface area contributed by atoms with Gasteiger partial charge >= 0.3 is 12.3 Å². The number of carbonyl (C=O) groups is 2. The van der Waals surface area contributed by atoms with Crippen LogP contribution in [0.25, 0.3) is 0 Å². The van der Waals surface area contributed by atoms with E-state index in [1.54, 1.807) is 0 Å². The van der Waals surface area contributed by atoms with Gasteiger partial charge in [-0.3, -0.25) is 9.69 Å². The highest BCUT2D eigenvalue weighted by Gasteiger charge is 2.41. The summed E-state index contributed by atoms with van der Waals surface area (Å²) >= 11 is 0. The molecule has 0 aliphatic carbocycles. The maximum absolute atomic E-state index is 13.0. The molecule has 1 aromatic rings. The molecule has 0 radical (unpaired) electrons. The Hall–Kier alpha value is -2.41. The molecule has 0 spiro atoms. The standard InChI is InChI=1S/C21H31F3N6O4/c1-14(21(22,23)24)34-19(32)28-7-5-20(2,6-8-28)25-18(31)17-27-26-16-13-29(9-10-30(16)17)15-3-11-33-12-4-15/h14-15H,3-13H2,1-2H3,(H,25,31). The predicted molar refractivity (Wildman–Crippen MR) is 113 cm³/mol. The average Bonchev–Trinajstić information content (AvgIpc) is 3.22. The van der Waals surface area contributed by atoms with Gasteiger partial charge in [0.1, 0.15) is 5.82 Å². The molecular formula is C21H31F3N6O4. The molecule has 0 aromatic carbocycles. The molecule has 3 aliphatic heterocycles. The van der Waals surface area contributed by atoms with E-state index in [0.29, 0.717) is 32.0 Å². The summed E-state index contributed by atoms with van der Waals surface area (Å²) in [7, 11) is 0. The summed E-state index contributed by atoms with van der Waals surface area (Å²) in [5.74, 6) is 0.663. The summed E-state index contributed by atoms with van der Waals surface area (Å²) in [5.41, 5.74) is -0.626. The molecule has 10 nitrogen and oxygen atoms in total. The van der Waals surface area contributed by atoms with Gasteiger partial charge in [-0.2, -0.15) is 13.2 Å². The second-order valence-electron chi connectivity index (χ2n) is 9.47. The lowest BCUT2D eigenvalue weighted by Crippen LogP contribution is -2.55. The highest BCUT2D eigenvalue weighted by atomic mass is 19.4. The van der Waals surface area contributed by atoms with Gasteiger partial charge in [0.25, 0.3) is 5.91 Å². The molecule has 2 amide bonds. The second-order valence-corrected chi connectivity index (χ2v) is 9.47. The van der Waals surface area contributed by atoms with Crippen LogP contribution in [0.15, 0.2) is 0 Å². The van der Waals surface area contributed by atoms with Crippen molar-refractivity contribution in [3.05, 3.63) is 11.6 Å². The van der Waals surface area contributed by atoms with Gasteiger partial charge in [0.05, 0.1) is 6.54 Å². The lowest BCUT2D eigenvalue weighted by molar-refractivity contribution is -0.200. The topological polar surface area (TPSA) is 102 Å². The molecule has 1 N–H and O–H groups in total. The van der Waals surface area contributed by atoms with Gasteiger partial charge in [0.2, 0.25) is 5.82 Å². The molecular weight excluding hydrogens is 457 g/mol. The SMILES string of the molecule is CC(OC(=O)N1CCC(C)(NC(=O)c2nnc3n2CCN(C2CCOCC2)C3)CC1)C(F)(F)F. The summed E-state index contributed by atoms with van der Waals surface area (Å²) in [5, 5.41) is 11.4. The highest BCUT2D eigenvalue weighted by Crippen LogP contribution is 2.26. The van der Waals surface area contributed by atoms with Gasteiger partial charge in [-0.1, -0.05) is 0 Å². The third-order valence-electron chi connectivity index (χ3n) is 6.97. The Labute approximate surface area is 195 Å². The molecule has 1 unspecified atom stereocenters. The minimum atomic E-state index is -4.60. The molecule has 0 saturated carbocycles. The van der Waals surface area contributed by atoms with Crippen LogP contribution in [-0.4, -0.2) is 93.3 Å². The Kier molecular flexibility index (Phi) is 7.04. The van der Waals surface area contributed by atoms with Crippen LogP contribution < -0.4 is 5.32 Å². The fraction of sp³-hybridized carbons (Fsp3) is 0.810. The molecule has 2 saturated heterocycles. The lowest BCUT2D eigenvalue weighted by Gasteiger charge is -2.39. The van der Waals surface area contributed by atoms with Crippen molar-refractivity contribution in [3.63, 3.8) is 0 Å². The summed E-state index contributed by atoms with van der Waals surface area (Å²) in [6, 6.07) is 0.450. The molecule has 13 heteroatoms. The number of alkyl halides is 3. The number of piperidine rings is 1. The summed E-state index contributed by atoms with van der Waals surface area (Å²) in [4.78, 5) is 28.7. The van der Waals surface area contributed by atoms with Crippen molar-refractivity contribution in [3.8, 4) is 0 Å². The van der Waals surface area contributed by atoms with E-state index < -0.39 is 23.9 Å². The minimum Gasteiger partial charge on any atom is -0.437 e. The van der Waals surface area contributed by atoms with E-state index in [-0.39, 0.29) is 24.8 Å². The lowest BCUT2D eigenvalue weighted by atomic mass is 9.89. The van der Waals surface area contributed by atoms with Crippen LogP contribution in [0.4, 0.5) is 18.0 Å². The molecule has 190 valence electrons. The quantitative estimate of drug-likeness (QED) is 0.691. The minimum absolute atomic E-state index is 0.179. The number of ether oxygens (including phenoxy) is 2. The monoisotopic (exact) mass is 488 g/mol. The van der Waals surface area contributed by atoms with Gasteiger partial charge in [0, 0.05) is 51.0 Å². The third kappa shape index (κ3) is 5.45. The first-order chi connectivity index (χ1) is 16.1. The van der Waals surface area contributed by atoms with Crippen molar-refractivity contribution in [2.75, 3.05) is 32.8 Å². The molecule has 0 bridgehead atoms. The van der Waals surface area contributed by atoms with Crippen LogP contribution in [0, 0.1) is 0 Å². The Morgan fingerprint density at radius 1 is 1.15 bits per heavy atom. The second kappa shape index (κ2) is 9.68. The van der Waals surface area contributed by atoms with Gasteiger partial charge in [0.15, 0.2) is 6.10 Å². The number of fused-ring (bicyclic) bond motifs is 1. The highest BCUT2D eigenvalue weighted by molar-refractivity contribution is 5.91. The number of likely N-dealkylation sites (tertiary alicyclic amines) is 1. The fourth-order valence-electron chi connectivity index (χ4n) is 4.64. The fourth-order valence-corrected chi connectivity index (χ4v) is 4.64. The van der Waals surface area contributed by atoms with E-state index in [4.69, 9.17) is 4.74 Å². The molecule has 3 aliphatic rings. The molecule has 34 heavy (non-hydrogen) atoms. The van der Waals surface area contributed by atoms with Gasteiger partial charge in [-0.15, -0.1) is 10.2 Å². The van der Waals surface area contributed by atoms with Gasteiger partial charge in [-0.25, -0.2) is 4.79 Å². The third-order valence-corrected chi connectivity index (χ3v) is 6.97. The Bertz CT molecular complexity index is 894. The first kappa shape index (κ1) is 24.7. The number of nitrogens with zero attached hydrogens (tertiary/aromatic N) is 5. The Morgan fingerprint density at radius 3 is 2.47 bits per heavy atom. The van der Waals surface area contributed by atoms with Crippen LogP contribution in [0.1, 0.15) is 56.0 Å². The average molecular weight is 489 g/mol. The van der Waals surface area contributed by atoms with E-state index in [0.717, 1.165) is 45.3 Å². The Balaban J connectivity index is 1.31. The number of nitrogens with one attached hydrogen (secondary N) is 1. The van der Waals surface area contributed by atoms with Gasteiger partial charge < -0.3 is 24.3 Å². The zero-order chi connectivity index (χ0) is 24.5. The normalized spacial score (nSPS) is 22.7. The zero-order valence-corrected chi connectivity index (χ0v) is 19.4. The molecule has 2 fully saturated rings. The predicted octanol–water partition coefficient (Wildman–Crippen LogP) is 1.94.